The van der Waals surface area contributed by atoms with Crippen molar-refractivity contribution in [1.82, 2.24) is 9.78 Å². The normalized spacial score (nSPS) is 10.7. The van der Waals surface area contributed by atoms with Crippen LogP contribution in [0.2, 0.25) is 10.0 Å². The van der Waals surface area contributed by atoms with Crippen molar-refractivity contribution in [2.75, 3.05) is 5.73 Å². The zero-order valence-electron chi connectivity index (χ0n) is 8.74. The zero-order valence-corrected chi connectivity index (χ0v) is 10.3. The van der Waals surface area contributed by atoms with Gasteiger partial charge in [-0.3, -0.25) is 4.68 Å². The Bertz CT molecular complexity index is 520. The monoisotopic (exact) mass is 255 g/mol. The Morgan fingerprint density at radius 3 is 2.75 bits per heavy atom. The van der Waals surface area contributed by atoms with Crippen LogP contribution in [-0.4, -0.2) is 9.78 Å². The Labute approximate surface area is 104 Å². The molecule has 2 aromatic rings. The first kappa shape index (κ1) is 11.3. The number of nitrogens with zero attached hydrogens (tertiary/aromatic N) is 2. The van der Waals surface area contributed by atoms with Crippen LogP contribution >= 0.6 is 23.2 Å². The van der Waals surface area contributed by atoms with Crippen LogP contribution in [-0.2, 0) is 6.54 Å². The average Bonchev–Trinajstić information content (AvgIpc) is 2.53. The van der Waals surface area contributed by atoms with Gasteiger partial charge in [0.1, 0.15) is 5.82 Å². The second-order valence-corrected chi connectivity index (χ2v) is 4.37. The Hall–Kier alpha value is -1.19. The molecule has 0 aliphatic rings. The molecule has 0 radical (unpaired) electrons. The Morgan fingerprint density at radius 1 is 1.38 bits per heavy atom. The molecule has 0 aliphatic heterocycles. The minimum absolute atomic E-state index is 0.510. The molecule has 0 unspecified atom stereocenters. The molecule has 3 nitrogen and oxygen atoms in total. The van der Waals surface area contributed by atoms with Gasteiger partial charge in [0.25, 0.3) is 0 Å². The van der Waals surface area contributed by atoms with Gasteiger partial charge in [-0.25, -0.2) is 0 Å². The largest absolute Gasteiger partial charge is 0.382 e. The highest BCUT2D eigenvalue weighted by Crippen LogP contribution is 2.26. The number of hydrogen-bond donors (Lipinski definition) is 1. The predicted octanol–water partition coefficient (Wildman–Crippen LogP) is 3.13. The number of nitrogen functional groups attached to an aromatic ring is 1. The minimum Gasteiger partial charge on any atom is -0.382 e. The number of anilines is 1. The van der Waals surface area contributed by atoms with E-state index in [0.717, 1.165) is 11.3 Å². The van der Waals surface area contributed by atoms with Gasteiger partial charge in [0.2, 0.25) is 0 Å². The standard InChI is InChI=1S/C11H11Cl2N3/c1-7-5-10(14)15-16(7)6-8-3-2-4-9(12)11(8)13/h2-5H,6H2,1H3,(H2,14,15). The zero-order chi connectivity index (χ0) is 11.7. The van der Waals surface area contributed by atoms with E-state index in [0.29, 0.717) is 22.4 Å². The van der Waals surface area contributed by atoms with Gasteiger partial charge < -0.3 is 5.73 Å². The van der Waals surface area contributed by atoms with Crippen LogP contribution < -0.4 is 5.73 Å². The molecule has 0 bridgehead atoms. The van der Waals surface area contributed by atoms with Crippen molar-refractivity contribution in [3.8, 4) is 0 Å². The molecular formula is C11H11Cl2N3. The average molecular weight is 256 g/mol. The highest BCUT2D eigenvalue weighted by molar-refractivity contribution is 6.42. The molecule has 0 aliphatic carbocycles. The fourth-order valence-corrected chi connectivity index (χ4v) is 1.91. The Balaban J connectivity index is 2.34. The first-order valence-corrected chi connectivity index (χ1v) is 5.56. The Kier molecular flexibility index (Phi) is 3.08. The van der Waals surface area contributed by atoms with Crippen molar-refractivity contribution < 1.29 is 0 Å². The molecule has 0 spiro atoms. The summed E-state index contributed by atoms with van der Waals surface area (Å²) >= 11 is 12.0. The van der Waals surface area contributed by atoms with Crippen LogP contribution in [0.1, 0.15) is 11.3 Å². The van der Waals surface area contributed by atoms with E-state index in [-0.39, 0.29) is 0 Å². The molecule has 0 atom stereocenters. The maximum atomic E-state index is 6.10. The summed E-state index contributed by atoms with van der Waals surface area (Å²) in [6.45, 7) is 2.52. The smallest absolute Gasteiger partial charge is 0.145 e. The fourth-order valence-electron chi connectivity index (χ4n) is 1.53. The van der Waals surface area contributed by atoms with Crippen LogP contribution in [0, 0.1) is 6.92 Å². The van der Waals surface area contributed by atoms with Crippen LogP contribution in [0.5, 0.6) is 0 Å². The molecule has 0 saturated heterocycles. The van der Waals surface area contributed by atoms with Crippen molar-refractivity contribution in [1.29, 1.82) is 0 Å². The van der Waals surface area contributed by atoms with E-state index in [2.05, 4.69) is 5.10 Å². The fraction of sp³-hybridized carbons (Fsp3) is 0.182. The van der Waals surface area contributed by atoms with Gasteiger partial charge in [-0.05, 0) is 18.6 Å². The second-order valence-electron chi connectivity index (χ2n) is 3.58. The molecule has 1 aromatic heterocycles. The first-order valence-electron chi connectivity index (χ1n) is 4.81. The topological polar surface area (TPSA) is 43.8 Å². The van der Waals surface area contributed by atoms with E-state index in [9.17, 15) is 0 Å². The number of halogens is 2. The van der Waals surface area contributed by atoms with Crippen LogP contribution in [0.4, 0.5) is 5.82 Å². The minimum atomic E-state index is 0.510. The summed E-state index contributed by atoms with van der Waals surface area (Å²) in [6.07, 6.45) is 0. The Morgan fingerprint density at radius 2 is 2.12 bits per heavy atom. The lowest BCUT2D eigenvalue weighted by Crippen LogP contribution is -2.04. The lowest BCUT2D eigenvalue weighted by molar-refractivity contribution is 0.668. The second kappa shape index (κ2) is 4.36. The molecule has 1 aromatic carbocycles. The van der Waals surface area contributed by atoms with Crippen molar-refractivity contribution in [2.24, 2.45) is 0 Å². The molecular weight excluding hydrogens is 245 g/mol. The highest BCUT2D eigenvalue weighted by atomic mass is 35.5. The third-order valence-electron chi connectivity index (χ3n) is 2.35. The molecule has 0 fully saturated rings. The summed E-state index contributed by atoms with van der Waals surface area (Å²) in [7, 11) is 0. The van der Waals surface area contributed by atoms with Gasteiger partial charge >= 0.3 is 0 Å². The van der Waals surface area contributed by atoms with Crippen LogP contribution in [0.25, 0.3) is 0 Å². The van der Waals surface area contributed by atoms with Crippen molar-refractivity contribution in [3.05, 3.63) is 45.6 Å². The molecule has 2 rings (SSSR count). The number of benzene rings is 1. The number of nitrogens with two attached hydrogens (primary N) is 1. The first-order chi connectivity index (χ1) is 7.58. The molecule has 16 heavy (non-hydrogen) atoms. The van der Waals surface area contributed by atoms with Gasteiger partial charge in [-0.1, -0.05) is 35.3 Å². The third kappa shape index (κ3) is 2.15. The predicted molar refractivity (Wildman–Crippen MR) is 66.9 cm³/mol. The quantitative estimate of drug-likeness (QED) is 0.897. The molecule has 0 saturated carbocycles. The molecule has 0 amide bonds. The van der Waals surface area contributed by atoms with Crippen molar-refractivity contribution in [3.63, 3.8) is 0 Å². The summed E-state index contributed by atoms with van der Waals surface area (Å²) in [6, 6.07) is 7.37. The van der Waals surface area contributed by atoms with Crippen LogP contribution in [0.3, 0.4) is 0 Å². The van der Waals surface area contributed by atoms with Crippen LogP contribution in [0.15, 0.2) is 24.3 Å². The third-order valence-corrected chi connectivity index (χ3v) is 3.21. The number of hydrogen-bond acceptors (Lipinski definition) is 2. The van der Waals surface area contributed by atoms with Gasteiger partial charge in [0, 0.05) is 11.8 Å². The van der Waals surface area contributed by atoms with E-state index < -0.39 is 0 Å². The van der Waals surface area contributed by atoms with E-state index in [1.807, 2.05) is 25.1 Å². The lowest BCUT2D eigenvalue weighted by atomic mass is 10.2. The summed E-state index contributed by atoms with van der Waals surface area (Å²) in [5.41, 5.74) is 7.53. The SMILES string of the molecule is Cc1cc(N)nn1Cc1cccc(Cl)c1Cl. The van der Waals surface area contributed by atoms with Gasteiger partial charge in [0.05, 0.1) is 16.6 Å². The summed E-state index contributed by atoms with van der Waals surface area (Å²) < 4.78 is 1.80. The molecule has 2 N–H and O–H groups in total. The molecule has 5 heteroatoms. The highest BCUT2D eigenvalue weighted by Gasteiger charge is 2.07. The summed E-state index contributed by atoms with van der Waals surface area (Å²) in [5.74, 6) is 0.510. The van der Waals surface area contributed by atoms with E-state index >= 15 is 0 Å². The molecule has 84 valence electrons. The van der Waals surface area contributed by atoms with Gasteiger partial charge in [0.15, 0.2) is 0 Å². The number of aromatic nitrogens is 2. The number of aryl methyl sites for hydroxylation is 1. The van der Waals surface area contributed by atoms with E-state index in [1.54, 1.807) is 10.7 Å². The van der Waals surface area contributed by atoms with E-state index in [1.165, 1.54) is 0 Å². The van der Waals surface area contributed by atoms with Gasteiger partial charge in [-0.15, -0.1) is 0 Å². The van der Waals surface area contributed by atoms with Crippen molar-refractivity contribution >= 4 is 29.0 Å². The maximum absolute atomic E-state index is 6.10. The van der Waals surface area contributed by atoms with Gasteiger partial charge in [-0.2, -0.15) is 5.10 Å². The number of rotatable bonds is 2. The lowest BCUT2D eigenvalue weighted by Gasteiger charge is -2.07. The summed E-state index contributed by atoms with van der Waals surface area (Å²) in [5, 5.41) is 5.29. The molecule has 1 heterocycles. The van der Waals surface area contributed by atoms with E-state index in [4.69, 9.17) is 28.9 Å². The maximum Gasteiger partial charge on any atom is 0.145 e. The van der Waals surface area contributed by atoms with Crippen molar-refractivity contribution in [2.45, 2.75) is 13.5 Å². The summed E-state index contributed by atoms with van der Waals surface area (Å²) in [4.78, 5) is 0.